The van der Waals surface area contributed by atoms with Crippen molar-refractivity contribution >= 4 is 10.0 Å². The van der Waals surface area contributed by atoms with Crippen LogP contribution in [0.25, 0.3) is 0 Å². The molecular formula is C14H20FNO3S. The quantitative estimate of drug-likeness (QED) is 0.927. The van der Waals surface area contributed by atoms with Crippen LogP contribution in [0.4, 0.5) is 4.39 Å². The third kappa shape index (κ3) is 2.73. The van der Waals surface area contributed by atoms with E-state index in [0.717, 1.165) is 25.0 Å². The maximum Gasteiger partial charge on any atom is 0.243 e. The summed E-state index contributed by atoms with van der Waals surface area (Å²) in [4.78, 5) is -0.118. The first-order valence-electron chi connectivity index (χ1n) is 6.79. The van der Waals surface area contributed by atoms with Crippen LogP contribution in [0.1, 0.15) is 32.3 Å². The van der Waals surface area contributed by atoms with Gasteiger partial charge in [0.2, 0.25) is 10.0 Å². The number of hydrogen-bond donors (Lipinski definition) is 1. The molecule has 1 aromatic rings. The van der Waals surface area contributed by atoms with Crippen LogP contribution in [0, 0.1) is 11.7 Å². The standard InChI is InChI=1S/C14H20FNO3S/c1-10(2)13-4-3-7-16(13)20(18,19)14-8-12(15)6-5-11(14)9-17/h5-6,8,10,13,17H,3-4,7,9H2,1-2H3. The van der Waals surface area contributed by atoms with Gasteiger partial charge in [-0.3, -0.25) is 0 Å². The Hall–Kier alpha value is -0.980. The van der Waals surface area contributed by atoms with Gasteiger partial charge in [-0.15, -0.1) is 0 Å². The minimum atomic E-state index is -3.76. The lowest BCUT2D eigenvalue weighted by Gasteiger charge is -2.27. The Kier molecular flexibility index (Phi) is 4.46. The van der Waals surface area contributed by atoms with Crippen molar-refractivity contribution in [3.05, 3.63) is 29.6 Å². The highest BCUT2D eigenvalue weighted by atomic mass is 32.2. The molecule has 20 heavy (non-hydrogen) atoms. The second-order valence-electron chi connectivity index (χ2n) is 5.48. The van der Waals surface area contributed by atoms with Gasteiger partial charge in [-0.1, -0.05) is 19.9 Å². The number of nitrogens with zero attached hydrogens (tertiary/aromatic N) is 1. The van der Waals surface area contributed by atoms with E-state index in [9.17, 15) is 17.9 Å². The highest BCUT2D eigenvalue weighted by Crippen LogP contribution is 2.31. The molecule has 0 spiro atoms. The number of aliphatic hydroxyl groups excluding tert-OH is 1. The summed E-state index contributed by atoms with van der Waals surface area (Å²) in [6.07, 6.45) is 1.63. The maximum absolute atomic E-state index is 13.4. The smallest absolute Gasteiger partial charge is 0.243 e. The fourth-order valence-electron chi connectivity index (χ4n) is 2.76. The first-order chi connectivity index (χ1) is 9.37. The average molecular weight is 301 g/mol. The molecule has 1 unspecified atom stereocenters. The lowest BCUT2D eigenvalue weighted by atomic mass is 10.0. The van der Waals surface area contributed by atoms with Crippen molar-refractivity contribution in [2.75, 3.05) is 6.54 Å². The summed E-state index contributed by atoms with van der Waals surface area (Å²) in [5, 5.41) is 9.29. The Labute approximate surface area is 119 Å². The monoisotopic (exact) mass is 301 g/mol. The maximum atomic E-state index is 13.4. The van der Waals surface area contributed by atoms with Crippen LogP contribution < -0.4 is 0 Å². The van der Waals surface area contributed by atoms with Crippen LogP contribution in [-0.4, -0.2) is 30.4 Å². The van der Waals surface area contributed by atoms with E-state index >= 15 is 0 Å². The summed E-state index contributed by atoms with van der Waals surface area (Å²) in [5.41, 5.74) is 0.237. The number of halogens is 1. The van der Waals surface area contributed by atoms with Crippen molar-refractivity contribution < 1.29 is 17.9 Å². The van der Waals surface area contributed by atoms with Crippen LogP contribution in [0.5, 0.6) is 0 Å². The van der Waals surface area contributed by atoms with Gasteiger partial charge < -0.3 is 5.11 Å². The number of sulfonamides is 1. The Morgan fingerprint density at radius 1 is 1.45 bits per heavy atom. The SMILES string of the molecule is CC(C)C1CCCN1S(=O)(=O)c1cc(F)ccc1CO. The van der Waals surface area contributed by atoms with E-state index in [4.69, 9.17) is 0 Å². The van der Waals surface area contributed by atoms with Gasteiger partial charge in [-0.25, -0.2) is 12.8 Å². The molecule has 0 aliphatic carbocycles. The van der Waals surface area contributed by atoms with E-state index in [1.54, 1.807) is 0 Å². The highest BCUT2D eigenvalue weighted by molar-refractivity contribution is 7.89. The lowest BCUT2D eigenvalue weighted by Crippen LogP contribution is -2.38. The van der Waals surface area contributed by atoms with Gasteiger partial charge >= 0.3 is 0 Å². The summed E-state index contributed by atoms with van der Waals surface area (Å²) in [6.45, 7) is 4.00. The first-order valence-corrected chi connectivity index (χ1v) is 8.23. The van der Waals surface area contributed by atoms with Crippen molar-refractivity contribution in [1.29, 1.82) is 0 Å². The van der Waals surface area contributed by atoms with Crippen LogP contribution in [-0.2, 0) is 16.6 Å². The molecule has 1 N–H and O–H groups in total. The van der Waals surface area contributed by atoms with E-state index < -0.39 is 22.4 Å². The van der Waals surface area contributed by atoms with Crippen LogP contribution in [0.15, 0.2) is 23.1 Å². The Morgan fingerprint density at radius 2 is 2.15 bits per heavy atom. The highest BCUT2D eigenvalue weighted by Gasteiger charge is 2.37. The van der Waals surface area contributed by atoms with E-state index in [1.807, 2.05) is 13.8 Å². The zero-order chi connectivity index (χ0) is 14.9. The molecule has 112 valence electrons. The second-order valence-corrected chi connectivity index (χ2v) is 7.34. The topological polar surface area (TPSA) is 57.6 Å². The first kappa shape index (κ1) is 15.4. The Morgan fingerprint density at radius 3 is 2.75 bits per heavy atom. The number of hydrogen-bond acceptors (Lipinski definition) is 3. The summed E-state index contributed by atoms with van der Waals surface area (Å²) in [6, 6.07) is 3.42. The molecular weight excluding hydrogens is 281 g/mol. The van der Waals surface area contributed by atoms with Crippen LogP contribution in [0.3, 0.4) is 0 Å². The normalized spacial score (nSPS) is 20.8. The molecule has 0 amide bonds. The van der Waals surface area contributed by atoms with Gasteiger partial charge in [0.1, 0.15) is 5.82 Å². The van der Waals surface area contributed by atoms with Crippen molar-refractivity contribution in [3.8, 4) is 0 Å². The zero-order valence-corrected chi connectivity index (χ0v) is 12.5. The van der Waals surface area contributed by atoms with Crippen molar-refractivity contribution in [2.24, 2.45) is 5.92 Å². The molecule has 0 aromatic heterocycles. The van der Waals surface area contributed by atoms with Crippen molar-refractivity contribution in [2.45, 2.75) is 44.2 Å². The van der Waals surface area contributed by atoms with Gasteiger partial charge in [-0.2, -0.15) is 4.31 Å². The van der Waals surface area contributed by atoms with E-state index in [1.165, 1.54) is 10.4 Å². The fraction of sp³-hybridized carbons (Fsp3) is 0.571. The van der Waals surface area contributed by atoms with Crippen molar-refractivity contribution in [3.63, 3.8) is 0 Å². The van der Waals surface area contributed by atoms with Gasteiger partial charge in [0.25, 0.3) is 0 Å². The molecule has 1 atom stereocenters. The van der Waals surface area contributed by atoms with Gasteiger partial charge in [0.15, 0.2) is 0 Å². The Bertz CT molecular complexity index is 586. The summed E-state index contributed by atoms with van der Waals surface area (Å²) < 4.78 is 40.3. The van der Waals surface area contributed by atoms with E-state index in [0.29, 0.717) is 6.54 Å². The third-order valence-electron chi connectivity index (χ3n) is 3.80. The molecule has 0 saturated carbocycles. The minimum Gasteiger partial charge on any atom is -0.392 e. The fourth-order valence-corrected chi connectivity index (χ4v) is 4.81. The molecule has 1 aliphatic heterocycles. The van der Waals surface area contributed by atoms with Gasteiger partial charge in [0, 0.05) is 12.6 Å². The summed E-state index contributed by atoms with van der Waals surface area (Å²) >= 11 is 0. The lowest BCUT2D eigenvalue weighted by molar-refractivity contribution is 0.276. The van der Waals surface area contributed by atoms with Crippen molar-refractivity contribution in [1.82, 2.24) is 4.31 Å². The molecule has 6 heteroatoms. The molecule has 0 radical (unpaired) electrons. The summed E-state index contributed by atoms with van der Waals surface area (Å²) in [5.74, 6) is -0.403. The van der Waals surface area contributed by atoms with Crippen LogP contribution in [0.2, 0.25) is 0 Å². The predicted octanol–water partition coefficient (Wildman–Crippen LogP) is 2.13. The average Bonchev–Trinajstić information content (AvgIpc) is 2.88. The number of aliphatic hydroxyl groups is 1. The molecule has 1 saturated heterocycles. The van der Waals surface area contributed by atoms with Gasteiger partial charge in [-0.05, 0) is 36.5 Å². The molecule has 1 aromatic carbocycles. The third-order valence-corrected chi connectivity index (χ3v) is 5.81. The molecule has 1 heterocycles. The predicted molar refractivity (Wildman–Crippen MR) is 74.1 cm³/mol. The number of rotatable bonds is 4. The molecule has 2 rings (SSSR count). The minimum absolute atomic E-state index is 0.0604. The molecule has 0 bridgehead atoms. The molecule has 1 fully saturated rings. The summed E-state index contributed by atoms with van der Waals surface area (Å²) in [7, 11) is -3.76. The molecule has 1 aliphatic rings. The number of benzene rings is 1. The largest absolute Gasteiger partial charge is 0.392 e. The Balaban J connectivity index is 2.47. The van der Waals surface area contributed by atoms with E-state index in [-0.39, 0.29) is 22.4 Å². The second kappa shape index (κ2) is 5.79. The zero-order valence-electron chi connectivity index (χ0n) is 11.7. The van der Waals surface area contributed by atoms with E-state index in [2.05, 4.69) is 0 Å². The molecule has 4 nitrogen and oxygen atoms in total. The van der Waals surface area contributed by atoms with Gasteiger partial charge in [0.05, 0.1) is 11.5 Å². The van der Waals surface area contributed by atoms with Crippen LogP contribution >= 0.6 is 0 Å².